The van der Waals surface area contributed by atoms with Gasteiger partial charge in [0.2, 0.25) is 5.95 Å². The molecule has 10 nitrogen and oxygen atoms in total. The molecular weight excluding hydrogens is 482 g/mol. The number of benzene rings is 2. The Morgan fingerprint density at radius 2 is 1.84 bits per heavy atom. The van der Waals surface area contributed by atoms with Crippen molar-refractivity contribution in [2.75, 3.05) is 34.8 Å². The molecule has 1 amide bonds. The molecule has 2 aromatic heterocycles. The molecule has 1 saturated heterocycles. The molecule has 0 unspecified atom stereocenters. The minimum absolute atomic E-state index is 0.236. The van der Waals surface area contributed by atoms with E-state index in [4.69, 9.17) is 9.72 Å². The van der Waals surface area contributed by atoms with Crippen molar-refractivity contribution in [2.45, 2.75) is 25.9 Å². The van der Waals surface area contributed by atoms with Crippen LogP contribution in [0.5, 0.6) is 11.5 Å². The van der Waals surface area contributed by atoms with E-state index in [9.17, 15) is 9.90 Å². The number of rotatable bonds is 7. The highest BCUT2D eigenvalue weighted by atomic mass is 16.5. The lowest BCUT2D eigenvalue weighted by atomic mass is 9.98. The molecule has 6 rings (SSSR count). The van der Waals surface area contributed by atoms with Gasteiger partial charge >= 0.3 is 0 Å². The second-order valence-electron chi connectivity index (χ2n) is 9.61. The fraction of sp³-hybridized carbons (Fsp3) is 0.286. The van der Waals surface area contributed by atoms with Gasteiger partial charge in [-0.3, -0.25) is 9.89 Å². The van der Waals surface area contributed by atoms with Crippen molar-refractivity contribution in [1.82, 2.24) is 20.2 Å². The summed E-state index contributed by atoms with van der Waals surface area (Å²) in [4.78, 5) is 26.7. The maximum Gasteiger partial charge on any atom is 0.257 e. The van der Waals surface area contributed by atoms with Crippen molar-refractivity contribution >= 4 is 23.5 Å². The highest BCUT2D eigenvalue weighted by Gasteiger charge is 2.28. The number of amides is 1. The predicted octanol–water partition coefficient (Wildman–Crippen LogP) is 3.97. The summed E-state index contributed by atoms with van der Waals surface area (Å²) in [5, 5.41) is 19.8. The number of piperidine rings is 1. The van der Waals surface area contributed by atoms with Gasteiger partial charge in [0.15, 0.2) is 5.82 Å². The quantitative estimate of drug-likeness (QED) is 0.341. The van der Waals surface area contributed by atoms with Crippen molar-refractivity contribution in [3.05, 3.63) is 83.7 Å². The van der Waals surface area contributed by atoms with Crippen molar-refractivity contribution < 1.29 is 14.6 Å². The smallest absolute Gasteiger partial charge is 0.257 e. The van der Waals surface area contributed by atoms with Gasteiger partial charge in [0.25, 0.3) is 5.91 Å². The molecule has 10 heteroatoms. The number of fused-ring (bicyclic) bond motifs is 1. The van der Waals surface area contributed by atoms with Gasteiger partial charge in [-0.1, -0.05) is 24.3 Å². The highest BCUT2D eigenvalue weighted by Crippen LogP contribution is 2.32. The average Bonchev–Trinajstić information content (AvgIpc) is 3.56. The van der Waals surface area contributed by atoms with Gasteiger partial charge in [0.1, 0.15) is 17.3 Å². The number of nitrogens with one attached hydrogen (secondary N) is 2. The van der Waals surface area contributed by atoms with E-state index in [1.807, 2.05) is 42.5 Å². The summed E-state index contributed by atoms with van der Waals surface area (Å²) in [7, 11) is 0. The van der Waals surface area contributed by atoms with E-state index in [0.717, 1.165) is 43.0 Å². The van der Waals surface area contributed by atoms with E-state index in [1.165, 1.54) is 0 Å². The second kappa shape index (κ2) is 10.5. The maximum atomic E-state index is 13.1. The van der Waals surface area contributed by atoms with E-state index in [-0.39, 0.29) is 12.5 Å². The van der Waals surface area contributed by atoms with Gasteiger partial charge in [-0.15, -0.1) is 0 Å². The highest BCUT2D eigenvalue weighted by molar-refractivity contribution is 6.04. The predicted molar refractivity (Wildman–Crippen MR) is 143 cm³/mol. The number of nitrogens with zero attached hydrogens (tertiary/aromatic N) is 5. The number of aromatic amines is 1. The number of hydrogen-bond donors (Lipinski definition) is 3. The molecule has 0 spiro atoms. The Bertz CT molecular complexity index is 1420. The molecule has 0 aliphatic carbocycles. The van der Waals surface area contributed by atoms with Crippen molar-refractivity contribution in [3.8, 4) is 11.5 Å². The van der Waals surface area contributed by atoms with E-state index < -0.39 is 0 Å². The van der Waals surface area contributed by atoms with E-state index >= 15 is 0 Å². The summed E-state index contributed by atoms with van der Waals surface area (Å²) < 4.78 is 5.87. The monoisotopic (exact) mass is 511 g/mol. The first-order valence-corrected chi connectivity index (χ1v) is 12.8. The molecule has 2 aliphatic heterocycles. The van der Waals surface area contributed by atoms with Crippen LogP contribution in [0.2, 0.25) is 0 Å². The molecule has 0 atom stereocenters. The van der Waals surface area contributed by atoms with Crippen LogP contribution in [0.4, 0.5) is 17.6 Å². The zero-order valence-electron chi connectivity index (χ0n) is 20.9. The maximum absolute atomic E-state index is 13.1. The third kappa shape index (κ3) is 5.03. The minimum atomic E-state index is -0.258. The molecular formula is C28H29N7O3. The van der Waals surface area contributed by atoms with Crippen LogP contribution in [0, 0.1) is 5.92 Å². The molecule has 2 aliphatic rings. The van der Waals surface area contributed by atoms with E-state index in [1.54, 1.807) is 24.4 Å². The number of anilines is 3. The molecule has 4 heterocycles. The first-order valence-electron chi connectivity index (χ1n) is 12.8. The van der Waals surface area contributed by atoms with Crippen LogP contribution < -0.4 is 19.9 Å². The standard InChI is InChI=1S/C28H29N7O3/c36-18-19-10-13-34(14-11-19)28-29-12-9-25(30-28)35-16-23-24(17-35)32-33-26(23)31-27(37)20-5-4-8-22(15-20)38-21-6-2-1-3-7-21/h1-9,12,15,19,36H,10-11,13-14,16-18H2,(H2,31,32,33,37). The average molecular weight is 512 g/mol. The fourth-order valence-electron chi connectivity index (χ4n) is 4.89. The lowest BCUT2D eigenvalue weighted by Crippen LogP contribution is -2.36. The molecule has 2 aromatic carbocycles. The Kier molecular flexibility index (Phi) is 6.62. The minimum Gasteiger partial charge on any atom is -0.457 e. The lowest BCUT2D eigenvalue weighted by molar-refractivity contribution is 0.102. The Labute approximate surface area is 220 Å². The van der Waals surface area contributed by atoms with Crippen molar-refractivity contribution in [1.29, 1.82) is 0 Å². The summed E-state index contributed by atoms with van der Waals surface area (Å²) in [6.07, 6.45) is 3.66. The third-order valence-corrected chi connectivity index (χ3v) is 7.07. The number of carbonyl (C=O) groups is 1. The number of aliphatic hydroxyl groups excluding tert-OH is 1. The number of para-hydroxylation sites is 1. The van der Waals surface area contributed by atoms with Crippen LogP contribution in [0.3, 0.4) is 0 Å². The number of aliphatic hydroxyl groups is 1. The van der Waals surface area contributed by atoms with Gasteiger partial charge in [0.05, 0.1) is 18.8 Å². The van der Waals surface area contributed by atoms with Crippen molar-refractivity contribution in [3.63, 3.8) is 0 Å². The molecule has 0 radical (unpaired) electrons. The lowest BCUT2D eigenvalue weighted by Gasteiger charge is -2.31. The van der Waals surface area contributed by atoms with Crippen LogP contribution >= 0.6 is 0 Å². The number of carbonyl (C=O) groups excluding carboxylic acids is 1. The first kappa shape index (κ1) is 23.9. The molecule has 3 N–H and O–H groups in total. The van der Waals surface area contributed by atoms with Crippen LogP contribution in [0.25, 0.3) is 0 Å². The summed E-state index contributed by atoms with van der Waals surface area (Å²) in [6.45, 7) is 3.10. The van der Waals surface area contributed by atoms with Gasteiger partial charge in [-0.2, -0.15) is 10.1 Å². The molecule has 0 bridgehead atoms. The zero-order valence-corrected chi connectivity index (χ0v) is 20.9. The third-order valence-electron chi connectivity index (χ3n) is 7.07. The van der Waals surface area contributed by atoms with E-state index in [0.29, 0.717) is 47.8 Å². The molecule has 1 fully saturated rings. The zero-order chi connectivity index (χ0) is 25.9. The molecule has 4 aromatic rings. The summed E-state index contributed by atoms with van der Waals surface area (Å²) in [6, 6.07) is 18.4. The molecule has 38 heavy (non-hydrogen) atoms. The van der Waals surface area contributed by atoms with Crippen LogP contribution in [0.15, 0.2) is 66.9 Å². The number of hydrogen-bond acceptors (Lipinski definition) is 8. The van der Waals surface area contributed by atoms with E-state index in [2.05, 4.69) is 30.3 Å². The van der Waals surface area contributed by atoms with Gasteiger partial charge < -0.3 is 25.0 Å². The first-order chi connectivity index (χ1) is 18.7. The number of H-pyrrole nitrogens is 1. The normalized spacial score (nSPS) is 15.4. The largest absolute Gasteiger partial charge is 0.457 e. The SMILES string of the molecule is O=C(Nc1n[nH]c2c1CN(c1ccnc(N3CCC(CO)CC3)n1)C2)c1cccc(Oc2ccccc2)c1. The van der Waals surface area contributed by atoms with Crippen molar-refractivity contribution in [2.24, 2.45) is 5.92 Å². The van der Waals surface area contributed by atoms with Crippen LogP contribution in [0.1, 0.15) is 34.5 Å². The summed E-state index contributed by atoms with van der Waals surface area (Å²) >= 11 is 0. The van der Waals surface area contributed by atoms with Gasteiger partial charge in [0, 0.05) is 37.0 Å². The number of ether oxygens (including phenoxy) is 1. The second-order valence-corrected chi connectivity index (χ2v) is 9.61. The van der Waals surface area contributed by atoms with Crippen LogP contribution in [-0.2, 0) is 13.1 Å². The Morgan fingerprint density at radius 3 is 2.66 bits per heavy atom. The molecule has 194 valence electrons. The van der Waals surface area contributed by atoms with Crippen LogP contribution in [-0.4, -0.2) is 50.9 Å². The summed E-state index contributed by atoms with van der Waals surface area (Å²) in [5.41, 5.74) is 2.37. The fourth-order valence-corrected chi connectivity index (χ4v) is 4.89. The molecule has 0 saturated carbocycles. The topological polar surface area (TPSA) is 120 Å². The van der Waals surface area contributed by atoms with Gasteiger partial charge in [-0.05, 0) is 55.2 Å². The Hall–Kier alpha value is -4.44. The summed E-state index contributed by atoms with van der Waals surface area (Å²) in [5.74, 6) is 3.44. The number of aromatic nitrogens is 4. The Balaban J connectivity index is 1.12. The van der Waals surface area contributed by atoms with Gasteiger partial charge in [-0.25, -0.2) is 4.98 Å². The Morgan fingerprint density at radius 1 is 1.03 bits per heavy atom.